The predicted molar refractivity (Wildman–Crippen MR) is 128 cm³/mol. The summed E-state index contributed by atoms with van der Waals surface area (Å²) in [7, 11) is -2.12. The molecule has 0 radical (unpaired) electrons. The maximum absolute atomic E-state index is 13.0. The van der Waals surface area contributed by atoms with Gasteiger partial charge in [-0.15, -0.1) is 0 Å². The molecular weight excluding hydrogens is 436 g/mol. The van der Waals surface area contributed by atoms with Gasteiger partial charge in [-0.05, 0) is 59.4 Å². The topological polar surface area (TPSA) is 87.7 Å². The molecular formula is C26H26N2O4S. The molecule has 1 aliphatic carbocycles. The minimum Gasteiger partial charge on any atom is -0.504 e. The first-order valence-electron chi connectivity index (χ1n) is 10.9. The molecule has 7 heteroatoms. The molecule has 33 heavy (non-hydrogen) atoms. The van der Waals surface area contributed by atoms with Gasteiger partial charge in [-0.2, -0.15) is 0 Å². The number of ether oxygens (including phenoxy) is 1. The average molecular weight is 463 g/mol. The highest BCUT2D eigenvalue weighted by atomic mass is 32.2. The number of sulfonamides is 1. The monoisotopic (exact) mass is 462 g/mol. The van der Waals surface area contributed by atoms with Crippen LogP contribution in [0.15, 0.2) is 83.8 Å². The van der Waals surface area contributed by atoms with Gasteiger partial charge in [0.15, 0.2) is 11.5 Å². The van der Waals surface area contributed by atoms with Crippen molar-refractivity contribution < 1.29 is 18.3 Å². The van der Waals surface area contributed by atoms with Crippen LogP contribution in [0, 0.1) is 5.92 Å². The third-order valence-corrected chi connectivity index (χ3v) is 7.91. The zero-order chi connectivity index (χ0) is 23.0. The van der Waals surface area contributed by atoms with Crippen LogP contribution in [0.3, 0.4) is 0 Å². The summed E-state index contributed by atoms with van der Waals surface area (Å²) < 4.78 is 33.8. The van der Waals surface area contributed by atoms with E-state index in [-0.39, 0.29) is 35.1 Å². The first-order valence-corrected chi connectivity index (χ1v) is 12.4. The van der Waals surface area contributed by atoms with Crippen LogP contribution in [-0.4, -0.2) is 20.6 Å². The molecule has 3 aromatic rings. The number of phenols is 1. The van der Waals surface area contributed by atoms with Crippen molar-refractivity contribution in [1.29, 1.82) is 0 Å². The largest absolute Gasteiger partial charge is 0.504 e. The second-order valence-corrected chi connectivity index (χ2v) is 10.2. The van der Waals surface area contributed by atoms with E-state index in [4.69, 9.17) is 4.74 Å². The van der Waals surface area contributed by atoms with Gasteiger partial charge in [0.1, 0.15) is 0 Å². The summed E-state index contributed by atoms with van der Waals surface area (Å²) in [5.41, 5.74) is 3.76. The second-order valence-electron chi connectivity index (χ2n) is 8.47. The average Bonchev–Trinajstić information content (AvgIpc) is 3.33. The summed E-state index contributed by atoms with van der Waals surface area (Å²) in [5, 5.41) is 13.9. The predicted octanol–water partition coefficient (Wildman–Crippen LogP) is 4.71. The number of fused-ring (bicyclic) bond motifs is 3. The summed E-state index contributed by atoms with van der Waals surface area (Å²) >= 11 is 0. The molecule has 1 aliphatic heterocycles. The molecule has 0 amide bonds. The number of anilines is 1. The molecule has 0 aromatic heterocycles. The standard InChI is InChI=1S/C26H26N2O4S/c1-32-25-13-10-18(14-24(25)29)26-21-9-5-8-20(21)22-15-19(11-12-23(22)28-26)33(30,31)27-16-17-6-3-2-4-7-17/h2-8,10-15,20-21,26-29H,9,16H2,1H3. The van der Waals surface area contributed by atoms with Crippen molar-refractivity contribution in [2.75, 3.05) is 12.4 Å². The van der Waals surface area contributed by atoms with E-state index in [0.717, 1.165) is 28.8 Å². The summed E-state index contributed by atoms with van der Waals surface area (Å²) in [5.74, 6) is 0.866. The van der Waals surface area contributed by atoms with Crippen LogP contribution in [0.4, 0.5) is 5.69 Å². The number of phenolic OH excluding ortho intramolecular Hbond substituents is 1. The highest BCUT2D eigenvalue weighted by molar-refractivity contribution is 7.89. The van der Waals surface area contributed by atoms with Crippen molar-refractivity contribution in [3.05, 3.63) is 95.6 Å². The van der Waals surface area contributed by atoms with Crippen LogP contribution in [0.1, 0.15) is 35.1 Å². The smallest absolute Gasteiger partial charge is 0.240 e. The number of methoxy groups -OCH3 is 1. The molecule has 170 valence electrons. The quantitative estimate of drug-likeness (QED) is 0.462. The lowest BCUT2D eigenvalue weighted by Gasteiger charge is -2.37. The number of hydrogen-bond acceptors (Lipinski definition) is 5. The number of hydrogen-bond donors (Lipinski definition) is 3. The Labute approximate surface area is 194 Å². The Kier molecular flexibility index (Phi) is 5.60. The number of aromatic hydroxyl groups is 1. The maximum Gasteiger partial charge on any atom is 0.240 e. The highest BCUT2D eigenvalue weighted by Crippen LogP contribution is 2.50. The molecule has 0 fully saturated rings. The molecule has 1 heterocycles. The normalized spacial score (nSPS) is 21.2. The van der Waals surface area contributed by atoms with Gasteiger partial charge in [0.05, 0.1) is 18.0 Å². The Hall–Kier alpha value is -3.29. The zero-order valence-corrected chi connectivity index (χ0v) is 19.0. The van der Waals surface area contributed by atoms with E-state index in [0.29, 0.717) is 5.75 Å². The highest BCUT2D eigenvalue weighted by Gasteiger charge is 2.38. The van der Waals surface area contributed by atoms with Gasteiger partial charge in [-0.1, -0.05) is 48.6 Å². The molecule has 0 bridgehead atoms. The van der Waals surface area contributed by atoms with E-state index in [1.807, 2.05) is 42.5 Å². The van der Waals surface area contributed by atoms with Crippen LogP contribution in [0.2, 0.25) is 0 Å². The Morgan fingerprint density at radius 3 is 2.67 bits per heavy atom. The Morgan fingerprint density at radius 1 is 1.09 bits per heavy atom. The molecule has 5 rings (SSSR count). The van der Waals surface area contributed by atoms with Crippen LogP contribution in [0.25, 0.3) is 0 Å². The number of allylic oxidation sites excluding steroid dienone is 2. The molecule has 0 saturated heterocycles. The Bertz CT molecular complexity index is 1310. The summed E-state index contributed by atoms with van der Waals surface area (Å²) in [6.45, 7) is 0.244. The first kappa shape index (κ1) is 21.6. The third-order valence-electron chi connectivity index (χ3n) is 6.52. The fraction of sp³-hybridized carbons (Fsp3) is 0.231. The number of rotatable bonds is 6. The van der Waals surface area contributed by atoms with Crippen LogP contribution < -0.4 is 14.8 Å². The van der Waals surface area contributed by atoms with Gasteiger partial charge in [-0.25, -0.2) is 13.1 Å². The lowest BCUT2D eigenvalue weighted by atomic mass is 9.77. The van der Waals surface area contributed by atoms with E-state index in [1.165, 1.54) is 7.11 Å². The molecule has 0 saturated carbocycles. The van der Waals surface area contributed by atoms with Crippen molar-refractivity contribution in [3.63, 3.8) is 0 Å². The first-order chi connectivity index (χ1) is 16.0. The molecule has 3 aromatic carbocycles. The van der Waals surface area contributed by atoms with E-state index in [9.17, 15) is 13.5 Å². The molecule has 6 nitrogen and oxygen atoms in total. The molecule has 0 spiro atoms. The summed E-state index contributed by atoms with van der Waals surface area (Å²) in [6, 6.07) is 20.2. The van der Waals surface area contributed by atoms with Crippen molar-refractivity contribution >= 4 is 15.7 Å². The SMILES string of the molecule is COc1ccc(C2Nc3ccc(S(=O)(=O)NCc4ccccc4)cc3C3C=CCC32)cc1O. The van der Waals surface area contributed by atoms with E-state index in [2.05, 4.69) is 22.2 Å². The lowest BCUT2D eigenvalue weighted by molar-refractivity contribution is 0.371. The fourth-order valence-corrected chi connectivity index (χ4v) is 5.88. The molecule has 3 atom stereocenters. The van der Waals surface area contributed by atoms with Crippen LogP contribution in [-0.2, 0) is 16.6 Å². The summed E-state index contributed by atoms with van der Waals surface area (Å²) in [4.78, 5) is 0.263. The van der Waals surface area contributed by atoms with Gasteiger partial charge < -0.3 is 15.2 Å². The van der Waals surface area contributed by atoms with Crippen molar-refractivity contribution in [1.82, 2.24) is 4.72 Å². The Morgan fingerprint density at radius 2 is 1.91 bits per heavy atom. The van der Waals surface area contributed by atoms with E-state index in [1.54, 1.807) is 24.3 Å². The van der Waals surface area contributed by atoms with E-state index < -0.39 is 10.0 Å². The van der Waals surface area contributed by atoms with Gasteiger partial charge in [0, 0.05) is 18.2 Å². The summed E-state index contributed by atoms with van der Waals surface area (Å²) in [6.07, 6.45) is 5.18. The third kappa shape index (κ3) is 4.10. The van der Waals surface area contributed by atoms with Crippen molar-refractivity contribution in [2.45, 2.75) is 29.8 Å². The maximum atomic E-state index is 13.0. The van der Waals surface area contributed by atoms with Gasteiger partial charge in [0.2, 0.25) is 10.0 Å². The van der Waals surface area contributed by atoms with E-state index >= 15 is 0 Å². The van der Waals surface area contributed by atoms with Gasteiger partial charge >= 0.3 is 0 Å². The fourth-order valence-electron chi connectivity index (χ4n) is 4.83. The molecule has 2 aliphatic rings. The number of nitrogens with one attached hydrogen (secondary N) is 2. The molecule has 3 N–H and O–H groups in total. The zero-order valence-electron chi connectivity index (χ0n) is 18.2. The van der Waals surface area contributed by atoms with Gasteiger partial charge in [-0.3, -0.25) is 0 Å². The minimum atomic E-state index is -3.65. The van der Waals surface area contributed by atoms with Gasteiger partial charge in [0.25, 0.3) is 0 Å². The Balaban J connectivity index is 1.43. The minimum absolute atomic E-state index is 0.00651. The van der Waals surface area contributed by atoms with Crippen LogP contribution >= 0.6 is 0 Å². The van der Waals surface area contributed by atoms with Crippen molar-refractivity contribution in [3.8, 4) is 11.5 Å². The number of benzene rings is 3. The lowest BCUT2D eigenvalue weighted by Crippen LogP contribution is -2.30. The second kappa shape index (κ2) is 8.57. The van der Waals surface area contributed by atoms with Crippen LogP contribution in [0.5, 0.6) is 11.5 Å². The van der Waals surface area contributed by atoms with Crippen molar-refractivity contribution in [2.24, 2.45) is 5.92 Å². The molecule has 3 unspecified atom stereocenters.